The zero-order valence-electron chi connectivity index (χ0n) is 9.43. The van der Waals surface area contributed by atoms with E-state index in [9.17, 15) is 9.59 Å². The van der Waals surface area contributed by atoms with Crippen LogP contribution in [0.25, 0.3) is 0 Å². The van der Waals surface area contributed by atoms with Gasteiger partial charge in [-0.15, -0.1) is 0 Å². The Labute approximate surface area is 99.7 Å². The lowest BCUT2D eigenvalue weighted by molar-refractivity contribution is -0.151. The maximum absolute atomic E-state index is 10.8. The van der Waals surface area contributed by atoms with E-state index < -0.39 is 5.97 Å². The van der Waals surface area contributed by atoms with Crippen molar-refractivity contribution in [1.82, 2.24) is 5.48 Å². The van der Waals surface area contributed by atoms with E-state index in [4.69, 9.17) is 4.84 Å². The van der Waals surface area contributed by atoms with Crippen molar-refractivity contribution in [2.75, 3.05) is 6.54 Å². The average Bonchev–Trinajstić information content (AvgIpc) is 2.35. The summed E-state index contributed by atoms with van der Waals surface area (Å²) in [4.78, 5) is 25.8. The molecule has 0 aliphatic heterocycles. The Balaban J connectivity index is 1.98. The van der Waals surface area contributed by atoms with Gasteiger partial charge in [-0.05, 0) is 12.0 Å². The predicted molar refractivity (Wildman–Crippen MR) is 60.6 cm³/mol. The first-order valence-electron chi connectivity index (χ1n) is 5.34. The topological polar surface area (TPSA) is 64.6 Å². The summed E-state index contributed by atoms with van der Waals surface area (Å²) in [6.07, 6.45) is 0.752. The number of benzene rings is 1. The van der Waals surface area contributed by atoms with Crippen molar-refractivity contribution in [1.29, 1.82) is 0 Å². The summed E-state index contributed by atoms with van der Waals surface area (Å²) < 4.78 is 4.13. The van der Waals surface area contributed by atoms with Crippen LogP contribution in [0.2, 0.25) is 0 Å². The molecular formula is C12H15NO4. The van der Waals surface area contributed by atoms with Crippen molar-refractivity contribution < 1.29 is 19.2 Å². The molecule has 0 aliphatic rings. The first kappa shape index (κ1) is 13.3. The van der Waals surface area contributed by atoms with E-state index in [2.05, 4.69) is 10.2 Å². The molecule has 0 atom stereocenters. The molecule has 0 aliphatic carbocycles. The molecule has 0 spiro atoms. The summed E-state index contributed by atoms with van der Waals surface area (Å²) in [6.45, 7) is 1.14. The van der Waals surface area contributed by atoms with E-state index in [-0.39, 0.29) is 12.9 Å². The lowest BCUT2D eigenvalue weighted by atomic mass is 10.2. The quantitative estimate of drug-likeness (QED) is 0.242. The summed E-state index contributed by atoms with van der Waals surface area (Å²) in [6, 6.07) is 9.74. The fourth-order valence-corrected chi connectivity index (χ4v) is 1.20. The molecular weight excluding hydrogens is 222 g/mol. The zero-order chi connectivity index (χ0) is 12.3. The van der Waals surface area contributed by atoms with Gasteiger partial charge in [0.1, 0.15) is 0 Å². The second-order valence-corrected chi connectivity index (χ2v) is 3.36. The van der Waals surface area contributed by atoms with Crippen molar-refractivity contribution in [3.63, 3.8) is 0 Å². The van der Waals surface area contributed by atoms with E-state index in [0.717, 1.165) is 5.56 Å². The highest BCUT2D eigenvalue weighted by atomic mass is 16.6. The zero-order valence-corrected chi connectivity index (χ0v) is 9.43. The predicted octanol–water partition coefficient (Wildman–Crippen LogP) is 1.19. The molecule has 1 N–H and O–H groups in total. The molecule has 1 aromatic carbocycles. The number of nitrogens with one attached hydrogen (secondary N) is 1. The normalized spacial score (nSPS) is 9.88. The Morgan fingerprint density at radius 2 is 2.06 bits per heavy atom. The van der Waals surface area contributed by atoms with Crippen LogP contribution < -0.4 is 5.48 Å². The van der Waals surface area contributed by atoms with Crippen LogP contribution in [0.1, 0.15) is 18.4 Å². The van der Waals surface area contributed by atoms with Gasteiger partial charge in [-0.1, -0.05) is 30.3 Å². The lowest BCUT2D eigenvalue weighted by Gasteiger charge is -2.05. The fraction of sp³-hybridized carbons (Fsp3) is 0.333. The Kier molecular flexibility index (Phi) is 6.62. The molecule has 5 heteroatoms. The first-order chi connectivity index (χ1) is 8.33. The van der Waals surface area contributed by atoms with Crippen molar-refractivity contribution >= 4 is 12.4 Å². The highest BCUT2D eigenvalue weighted by Gasteiger charge is 2.00. The van der Waals surface area contributed by atoms with Crippen molar-refractivity contribution in [2.24, 2.45) is 0 Å². The summed E-state index contributed by atoms with van der Waals surface area (Å²) in [7, 11) is 0. The van der Waals surface area contributed by atoms with Gasteiger partial charge < -0.3 is 4.74 Å². The molecule has 92 valence electrons. The van der Waals surface area contributed by atoms with Crippen LogP contribution in [0.4, 0.5) is 0 Å². The van der Waals surface area contributed by atoms with Crippen molar-refractivity contribution in [2.45, 2.75) is 19.4 Å². The number of carbonyl (C=O) groups excluding carboxylic acids is 2. The van der Waals surface area contributed by atoms with Gasteiger partial charge in [-0.2, -0.15) is 0 Å². The van der Waals surface area contributed by atoms with Crippen LogP contribution in [0, 0.1) is 0 Å². The number of hydrogen-bond donors (Lipinski definition) is 1. The molecule has 0 fully saturated rings. The standard InChI is InChI=1S/C12H15NO4/c14-10-16-12(15)7-4-8-13-17-9-11-5-2-1-3-6-11/h1-3,5-6,10,13H,4,7-9H2. The van der Waals surface area contributed by atoms with Gasteiger partial charge in [0.15, 0.2) is 0 Å². The number of carbonyl (C=O) groups is 2. The minimum atomic E-state index is -0.523. The summed E-state index contributed by atoms with van der Waals surface area (Å²) in [5.74, 6) is -0.523. The molecule has 0 amide bonds. The third-order valence-corrected chi connectivity index (χ3v) is 2.02. The van der Waals surface area contributed by atoms with Gasteiger partial charge in [-0.3, -0.25) is 14.4 Å². The van der Waals surface area contributed by atoms with E-state index >= 15 is 0 Å². The van der Waals surface area contributed by atoms with Crippen LogP contribution in [0.5, 0.6) is 0 Å². The highest BCUT2D eigenvalue weighted by molar-refractivity contribution is 5.76. The third-order valence-electron chi connectivity index (χ3n) is 2.02. The average molecular weight is 237 g/mol. The van der Waals surface area contributed by atoms with E-state index in [1.807, 2.05) is 30.3 Å². The smallest absolute Gasteiger partial charge is 0.313 e. The van der Waals surface area contributed by atoms with E-state index in [1.165, 1.54) is 0 Å². The second kappa shape index (κ2) is 8.43. The minimum absolute atomic E-state index is 0.141. The van der Waals surface area contributed by atoms with Gasteiger partial charge in [0.05, 0.1) is 6.61 Å². The highest BCUT2D eigenvalue weighted by Crippen LogP contribution is 1.99. The SMILES string of the molecule is O=COC(=O)CCCNOCc1ccccc1. The van der Waals surface area contributed by atoms with Crippen LogP contribution >= 0.6 is 0 Å². The molecule has 17 heavy (non-hydrogen) atoms. The van der Waals surface area contributed by atoms with Crippen LogP contribution in [0.3, 0.4) is 0 Å². The van der Waals surface area contributed by atoms with E-state index in [1.54, 1.807) is 0 Å². The Hall–Kier alpha value is -1.72. The molecule has 1 aromatic rings. The number of hydroxylamine groups is 1. The van der Waals surface area contributed by atoms with Crippen LogP contribution in [0.15, 0.2) is 30.3 Å². The molecule has 0 radical (unpaired) electrons. The van der Waals surface area contributed by atoms with Gasteiger partial charge in [-0.25, -0.2) is 5.48 Å². The fourth-order valence-electron chi connectivity index (χ4n) is 1.20. The Morgan fingerprint density at radius 1 is 1.29 bits per heavy atom. The molecule has 0 aromatic heterocycles. The Bertz CT molecular complexity index is 340. The summed E-state index contributed by atoms with van der Waals surface area (Å²) in [5.41, 5.74) is 3.81. The molecule has 0 unspecified atom stereocenters. The Morgan fingerprint density at radius 3 is 2.76 bits per heavy atom. The molecule has 0 bridgehead atoms. The van der Waals surface area contributed by atoms with Gasteiger partial charge in [0.2, 0.25) is 0 Å². The van der Waals surface area contributed by atoms with Crippen molar-refractivity contribution in [3.05, 3.63) is 35.9 Å². The van der Waals surface area contributed by atoms with Crippen LogP contribution in [-0.4, -0.2) is 19.0 Å². The number of esters is 1. The van der Waals surface area contributed by atoms with Gasteiger partial charge in [0.25, 0.3) is 0 Å². The van der Waals surface area contributed by atoms with Crippen molar-refractivity contribution in [3.8, 4) is 0 Å². The maximum Gasteiger partial charge on any atom is 0.313 e. The lowest BCUT2D eigenvalue weighted by Crippen LogP contribution is -2.17. The molecule has 0 heterocycles. The van der Waals surface area contributed by atoms with E-state index in [0.29, 0.717) is 19.6 Å². The van der Waals surface area contributed by atoms with Gasteiger partial charge >= 0.3 is 12.4 Å². The minimum Gasteiger partial charge on any atom is -0.395 e. The largest absolute Gasteiger partial charge is 0.395 e. The monoisotopic (exact) mass is 237 g/mol. The maximum atomic E-state index is 10.8. The number of hydrogen-bond acceptors (Lipinski definition) is 5. The number of ether oxygens (including phenoxy) is 1. The molecule has 5 nitrogen and oxygen atoms in total. The summed E-state index contributed by atoms with van der Waals surface area (Å²) >= 11 is 0. The van der Waals surface area contributed by atoms with Crippen LogP contribution in [-0.2, 0) is 25.8 Å². The van der Waals surface area contributed by atoms with Gasteiger partial charge in [0, 0.05) is 13.0 Å². The summed E-state index contributed by atoms with van der Waals surface area (Å²) in [5, 5.41) is 0. The third kappa shape index (κ3) is 6.44. The number of rotatable bonds is 8. The molecule has 1 rings (SSSR count). The molecule has 0 saturated heterocycles. The molecule has 0 saturated carbocycles. The second-order valence-electron chi connectivity index (χ2n) is 3.36. The first-order valence-corrected chi connectivity index (χ1v) is 5.34.